The second kappa shape index (κ2) is 8.12. The van der Waals surface area contributed by atoms with Gasteiger partial charge in [-0.05, 0) is 38.5 Å². The molecule has 6 nitrogen and oxygen atoms in total. The maximum absolute atomic E-state index is 12.1. The van der Waals surface area contributed by atoms with Crippen LogP contribution >= 0.6 is 0 Å². The molecule has 1 amide bonds. The van der Waals surface area contributed by atoms with Crippen molar-refractivity contribution in [3.63, 3.8) is 0 Å². The molecule has 1 aromatic heterocycles. The first-order chi connectivity index (χ1) is 11.1. The van der Waals surface area contributed by atoms with Gasteiger partial charge in [-0.25, -0.2) is 9.97 Å². The average molecular weight is 314 g/mol. The van der Waals surface area contributed by atoms with Crippen LogP contribution in [0.1, 0.15) is 36.5 Å². The maximum atomic E-state index is 12.1. The number of amides is 1. The van der Waals surface area contributed by atoms with Gasteiger partial charge in [0.05, 0.1) is 12.3 Å². The maximum Gasteiger partial charge on any atom is 0.270 e. The first-order valence-corrected chi connectivity index (χ1v) is 7.76. The highest BCUT2D eigenvalue weighted by Gasteiger charge is 2.11. The van der Waals surface area contributed by atoms with Crippen molar-refractivity contribution in [2.75, 3.05) is 18.5 Å². The van der Waals surface area contributed by atoms with Gasteiger partial charge in [0.2, 0.25) is 5.95 Å². The SMILES string of the molecule is CCCNC(=O)c1cc(C)nc(Nc2ccccc2OCC)n1. The number of aryl methyl sites for hydroxylation is 1. The zero-order valence-corrected chi connectivity index (χ0v) is 13.7. The summed E-state index contributed by atoms with van der Waals surface area (Å²) in [5, 5.41) is 5.94. The number of nitrogens with zero attached hydrogens (tertiary/aromatic N) is 2. The Morgan fingerprint density at radius 1 is 1.22 bits per heavy atom. The van der Waals surface area contributed by atoms with Crippen LogP contribution in [0.15, 0.2) is 30.3 Å². The van der Waals surface area contributed by atoms with Crippen molar-refractivity contribution in [3.8, 4) is 5.75 Å². The van der Waals surface area contributed by atoms with E-state index in [0.717, 1.165) is 23.6 Å². The summed E-state index contributed by atoms with van der Waals surface area (Å²) in [7, 11) is 0. The van der Waals surface area contributed by atoms with E-state index in [1.807, 2.05) is 45.0 Å². The minimum atomic E-state index is -0.196. The summed E-state index contributed by atoms with van der Waals surface area (Å²) in [5.74, 6) is 0.898. The molecule has 6 heteroatoms. The molecule has 23 heavy (non-hydrogen) atoms. The minimum absolute atomic E-state index is 0.196. The molecule has 0 radical (unpaired) electrons. The highest BCUT2D eigenvalue weighted by atomic mass is 16.5. The van der Waals surface area contributed by atoms with Crippen LogP contribution in [0.3, 0.4) is 0 Å². The Morgan fingerprint density at radius 3 is 2.74 bits per heavy atom. The predicted octanol–water partition coefficient (Wildman–Crippen LogP) is 3.07. The minimum Gasteiger partial charge on any atom is -0.492 e. The topological polar surface area (TPSA) is 76.1 Å². The highest BCUT2D eigenvalue weighted by Crippen LogP contribution is 2.26. The fourth-order valence-electron chi connectivity index (χ4n) is 2.04. The third-order valence-electron chi connectivity index (χ3n) is 3.06. The van der Waals surface area contributed by atoms with Crippen molar-refractivity contribution in [1.29, 1.82) is 0 Å². The third kappa shape index (κ3) is 4.67. The number of benzene rings is 1. The van der Waals surface area contributed by atoms with Crippen LogP contribution in [0.5, 0.6) is 5.75 Å². The number of ether oxygens (including phenoxy) is 1. The lowest BCUT2D eigenvalue weighted by Gasteiger charge is -2.12. The molecular weight excluding hydrogens is 292 g/mol. The van der Waals surface area contributed by atoms with Gasteiger partial charge in [0.15, 0.2) is 0 Å². The molecule has 1 heterocycles. The van der Waals surface area contributed by atoms with Crippen molar-refractivity contribution < 1.29 is 9.53 Å². The fraction of sp³-hybridized carbons (Fsp3) is 0.353. The summed E-state index contributed by atoms with van der Waals surface area (Å²) in [6.07, 6.45) is 0.878. The van der Waals surface area contributed by atoms with E-state index >= 15 is 0 Å². The van der Waals surface area contributed by atoms with Crippen LogP contribution in [0.25, 0.3) is 0 Å². The summed E-state index contributed by atoms with van der Waals surface area (Å²) in [6, 6.07) is 9.22. The molecule has 0 saturated heterocycles. The lowest BCUT2D eigenvalue weighted by atomic mass is 10.3. The Bertz CT molecular complexity index is 673. The average Bonchev–Trinajstić information content (AvgIpc) is 2.54. The summed E-state index contributed by atoms with van der Waals surface area (Å²) < 4.78 is 5.57. The third-order valence-corrected chi connectivity index (χ3v) is 3.06. The zero-order valence-electron chi connectivity index (χ0n) is 13.7. The quantitative estimate of drug-likeness (QED) is 0.821. The van der Waals surface area contributed by atoms with E-state index in [1.54, 1.807) is 6.07 Å². The van der Waals surface area contributed by atoms with Gasteiger partial charge in [0, 0.05) is 12.2 Å². The molecular formula is C17H22N4O2. The van der Waals surface area contributed by atoms with Crippen LogP contribution < -0.4 is 15.4 Å². The first-order valence-electron chi connectivity index (χ1n) is 7.76. The number of hydrogen-bond acceptors (Lipinski definition) is 5. The molecule has 0 aliphatic heterocycles. The number of para-hydroxylation sites is 2. The van der Waals surface area contributed by atoms with Crippen LogP contribution in [0.2, 0.25) is 0 Å². The van der Waals surface area contributed by atoms with Crippen LogP contribution in [0.4, 0.5) is 11.6 Å². The lowest BCUT2D eigenvalue weighted by Crippen LogP contribution is -2.25. The molecule has 0 aliphatic rings. The monoisotopic (exact) mass is 314 g/mol. The predicted molar refractivity (Wildman–Crippen MR) is 90.3 cm³/mol. The molecule has 0 atom stereocenters. The van der Waals surface area contributed by atoms with Gasteiger partial charge in [-0.2, -0.15) is 0 Å². The summed E-state index contributed by atoms with van der Waals surface area (Å²) in [4.78, 5) is 20.7. The number of hydrogen-bond donors (Lipinski definition) is 2. The smallest absolute Gasteiger partial charge is 0.270 e. The van der Waals surface area contributed by atoms with E-state index in [9.17, 15) is 4.79 Å². The largest absolute Gasteiger partial charge is 0.492 e. The molecule has 0 fully saturated rings. The molecule has 2 rings (SSSR count). The molecule has 0 unspecified atom stereocenters. The van der Waals surface area contributed by atoms with Crippen LogP contribution in [-0.2, 0) is 0 Å². The van der Waals surface area contributed by atoms with E-state index in [2.05, 4.69) is 20.6 Å². The van der Waals surface area contributed by atoms with Gasteiger partial charge in [0.1, 0.15) is 11.4 Å². The number of carbonyl (C=O) groups is 1. The zero-order chi connectivity index (χ0) is 16.7. The molecule has 0 aliphatic carbocycles. The van der Waals surface area contributed by atoms with Crippen LogP contribution in [0, 0.1) is 6.92 Å². The van der Waals surface area contributed by atoms with Crippen molar-refractivity contribution in [3.05, 3.63) is 41.7 Å². The Hall–Kier alpha value is -2.63. The van der Waals surface area contributed by atoms with Gasteiger partial charge in [-0.1, -0.05) is 19.1 Å². The van der Waals surface area contributed by atoms with E-state index in [0.29, 0.717) is 24.8 Å². The molecule has 0 bridgehead atoms. The standard InChI is InChI=1S/C17H22N4O2/c1-4-10-18-16(22)14-11-12(3)19-17(21-14)20-13-8-6-7-9-15(13)23-5-2/h6-9,11H,4-5,10H2,1-3H3,(H,18,22)(H,19,20,21). The summed E-state index contributed by atoms with van der Waals surface area (Å²) in [5.41, 5.74) is 1.83. The Balaban J connectivity index is 2.23. The molecule has 122 valence electrons. The van der Waals surface area contributed by atoms with Crippen molar-refractivity contribution in [2.45, 2.75) is 27.2 Å². The van der Waals surface area contributed by atoms with Crippen molar-refractivity contribution in [2.24, 2.45) is 0 Å². The van der Waals surface area contributed by atoms with Gasteiger partial charge in [-0.15, -0.1) is 0 Å². The van der Waals surface area contributed by atoms with Gasteiger partial charge in [0.25, 0.3) is 5.91 Å². The number of carbonyl (C=O) groups excluding carboxylic acids is 1. The molecule has 2 N–H and O–H groups in total. The molecule has 0 spiro atoms. The first kappa shape index (κ1) is 16.7. The number of anilines is 2. The summed E-state index contributed by atoms with van der Waals surface area (Å²) >= 11 is 0. The molecule has 0 saturated carbocycles. The lowest BCUT2D eigenvalue weighted by molar-refractivity contribution is 0.0948. The Labute approximate surface area is 136 Å². The van der Waals surface area contributed by atoms with Crippen LogP contribution in [-0.4, -0.2) is 29.0 Å². The summed E-state index contributed by atoms with van der Waals surface area (Å²) in [6.45, 7) is 6.95. The second-order valence-corrected chi connectivity index (χ2v) is 5.03. The van der Waals surface area contributed by atoms with Gasteiger partial charge in [-0.3, -0.25) is 4.79 Å². The second-order valence-electron chi connectivity index (χ2n) is 5.03. The van der Waals surface area contributed by atoms with Gasteiger partial charge >= 0.3 is 0 Å². The van der Waals surface area contributed by atoms with Crippen molar-refractivity contribution in [1.82, 2.24) is 15.3 Å². The van der Waals surface area contributed by atoms with Crippen molar-refractivity contribution >= 4 is 17.5 Å². The molecule has 2 aromatic rings. The number of aromatic nitrogens is 2. The number of nitrogens with one attached hydrogen (secondary N) is 2. The fourth-order valence-corrected chi connectivity index (χ4v) is 2.04. The highest BCUT2D eigenvalue weighted by molar-refractivity contribution is 5.92. The molecule has 1 aromatic carbocycles. The van der Waals surface area contributed by atoms with E-state index in [-0.39, 0.29) is 5.91 Å². The van der Waals surface area contributed by atoms with E-state index < -0.39 is 0 Å². The van der Waals surface area contributed by atoms with E-state index in [4.69, 9.17) is 4.74 Å². The normalized spacial score (nSPS) is 10.2. The van der Waals surface area contributed by atoms with E-state index in [1.165, 1.54) is 0 Å². The Morgan fingerprint density at radius 2 is 2.00 bits per heavy atom. The Kier molecular flexibility index (Phi) is 5.91. The number of rotatable bonds is 7. The van der Waals surface area contributed by atoms with Gasteiger partial charge < -0.3 is 15.4 Å².